The molecule has 24 heavy (non-hydrogen) atoms. The third kappa shape index (κ3) is 8.31. The molecule has 0 aromatic rings. The predicted molar refractivity (Wildman–Crippen MR) is 96.3 cm³/mol. The van der Waals surface area contributed by atoms with E-state index < -0.39 is 5.41 Å². The minimum Gasteiger partial charge on any atom is -0.354 e. The van der Waals surface area contributed by atoms with Gasteiger partial charge in [0.15, 0.2) is 0 Å². The minimum atomic E-state index is -0.521. The van der Waals surface area contributed by atoms with E-state index in [4.69, 9.17) is 0 Å². The van der Waals surface area contributed by atoms with Gasteiger partial charge in [-0.3, -0.25) is 14.4 Å². The summed E-state index contributed by atoms with van der Waals surface area (Å²) in [5.41, 5.74) is -0.633. The number of nitrogens with one attached hydrogen (secondary N) is 3. The second-order valence-electron chi connectivity index (χ2n) is 8.66. The third-order valence-electron chi connectivity index (χ3n) is 3.72. The summed E-state index contributed by atoms with van der Waals surface area (Å²) < 4.78 is 0. The summed E-state index contributed by atoms with van der Waals surface area (Å²) in [4.78, 5) is 35.7. The molecule has 0 radical (unpaired) electrons. The van der Waals surface area contributed by atoms with Gasteiger partial charge in [-0.15, -0.1) is 0 Å². The van der Waals surface area contributed by atoms with E-state index in [1.54, 1.807) is 20.8 Å². The SMILES string of the molecule is CC(C)C(C(=O)NCCNC(=O)CNC(=O)C(C)(C)C)C(C)(C)C. The fourth-order valence-electron chi connectivity index (χ4n) is 2.68. The Bertz CT molecular complexity index is 445. The first kappa shape index (κ1) is 22.4. The van der Waals surface area contributed by atoms with Gasteiger partial charge in [-0.05, 0) is 11.3 Å². The zero-order valence-electron chi connectivity index (χ0n) is 16.5. The Labute approximate surface area is 146 Å². The molecule has 6 nitrogen and oxygen atoms in total. The van der Waals surface area contributed by atoms with Gasteiger partial charge < -0.3 is 16.0 Å². The molecule has 0 fully saturated rings. The van der Waals surface area contributed by atoms with Crippen LogP contribution in [0.2, 0.25) is 0 Å². The van der Waals surface area contributed by atoms with Gasteiger partial charge in [-0.2, -0.15) is 0 Å². The molecule has 0 saturated heterocycles. The molecule has 0 saturated carbocycles. The minimum absolute atomic E-state index is 0.00721. The van der Waals surface area contributed by atoms with Crippen molar-refractivity contribution in [2.75, 3.05) is 19.6 Å². The molecule has 0 spiro atoms. The predicted octanol–water partition coefficient (Wildman–Crippen LogP) is 1.70. The fraction of sp³-hybridized carbons (Fsp3) is 0.833. The lowest BCUT2D eigenvalue weighted by Crippen LogP contribution is -2.45. The third-order valence-corrected chi connectivity index (χ3v) is 3.72. The van der Waals surface area contributed by atoms with Gasteiger partial charge in [0, 0.05) is 24.4 Å². The maximum atomic E-state index is 12.3. The number of amides is 3. The smallest absolute Gasteiger partial charge is 0.239 e. The number of hydrogen-bond acceptors (Lipinski definition) is 3. The van der Waals surface area contributed by atoms with Crippen molar-refractivity contribution in [3.05, 3.63) is 0 Å². The van der Waals surface area contributed by atoms with Crippen LogP contribution in [0, 0.1) is 22.7 Å². The van der Waals surface area contributed by atoms with Crippen molar-refractivity contribution in [2.24, 2.45) is 22.7 Å². The highest BCUT2D eigenvalue weighted by atomic mass is 16.2. The van der Waals surface area contributed by atoms with E-state index in [0.717, 1.165) is 0 Å². The molecule has 0 aromatic carbocycles. The van der Waals surface area contributed by atoms with E-state index in [-0.39, 0.29) is 41.5 Å². The Morgan fingerprint density at radius 3 is 1.75 bits per heavy atom. The van der Waals surface area contributed by atoms with Crippen LogP contribution in [-0.2, 0) is 14.4 Å². The van der Waals surface area contributed by atoms with Crippen LogP contribution in [0.15, 0.2) is 0 Å². The quantitative estimate of drug-likeness (QED) is 0.616. The molecule has 0 rings (SSSR count). The molecule has 0 aliphatic rings. The first-order valence-electron chi connectivity index (χ1n) is 8.59. The van der Waals surface area contributed by atoms with Crippen LogP contribution in [0.25, 0.3) is 0 Å². The van der Waals surface area contributed by atoms with E-state index in [2.05, 4.69) is 36.7 Å². The molecule has 1 atom stereocenters. The summed E-state index contributed by atoms with van der Waals surface area (Å²) in [6.07, 6.45) is 0. The monoisotopic (exact) mass is 341 g/mol. The van der Waals surface area contributed by atoms with Crippen molar-refractivity contribution < 1.29 is 14.4 Å². The Balaban J connectivity index is 4.15. The Kier molecular flexibility index (Phi) is 8.44. The highest BCUT2D eigenvalue weighted by Gasteiger charge is 2.33. The number of carbonyl (C=O) groups is 3. The first-order chi connectivity index (χ1) is 10.8. The van der Waals surface area contributed by atoms with E-state index in [0.29, 0.717) is 13.1 Å². The maximum Gasteiger partial charge on any atom is 0.239 e. The van der Waals surface area contributed by atoms with Gasteiger partial charge in [-0.25, -0.2) is 0 Å². The second kappa shape index (κ2) is 9.04. The highest BCUT2D eigenvalue weighted by Crippen LogP contribution is 2.31. The molecule has 1 unspecified atom stereocenters. The molecule has 3 N–H and O–H groups in total. The van der Waals surface area contributed by atoms with Crippen molar-refractivity contribution in [1.29, 1.82) is 0 Å². The number of carbonyl (C=O) groups excluding carboxylic acids is 3. The normalized spacial score (nSPS) is 13.4. The molecule has 0 bridgehead atoms. The molecular formula is C18H35N3O3. The largest absolute Gasteiger partial charge is 0.354 e. The topological polar surface area (TPSA) is 87.3 Å². The lowest BCUT2D eigenvalue weighted by molar-refractivity contribution is -0.131. The van der Waals surface area contributed by atoms with Crippen LogP contribution in [-0.4, -0.2) is 37.4 Å². The first-order valence-corrected chi connectivity index (χ1v) is 8.59. The molecule has 3 amide bonds. The van der Waals surface area contributed by atoms with Crippen molar-refractivity contribution in [2.45, 2.75) is 55.4 Å². The Morgan fingerprint density at radius 2 is 1.33 bits per heavy atom. The van der Waals surface area contributed by atoms with Gasteiger partial charge in [0.1, 0.15) is 0 Å². The van der Waals surface area contributed by atoms with Crippen molar-refractivity contribution in [3.8, 4) is 0 Å². The zero-order chi connectivity index (χ0) is 19.1. The standard InChI is InChI=1S/C18H35N3O3/c1-12(2)14(17(3,4)5)15(23)20-10-9-19-13(22)11-21-16(24)18(6,7)8/h12,14H,9-11H2,1-8H3,(H,19,22)(H,20,23)(H,21,24). The summed E-state index contributed by atoms with van der Waals surface area (Å²) in [5, 5.41) is 8.14. The molecule has 0 heterocycles. The number of rotatable bonds is 7. The van der Waals surface area contributed by atoms with Gasteiger partial charge in [-0.1, -0.05) is 55.4 Å². The van der Waals surface area contributed by atoms with Crippen LogP contribution in [0.3, 0.4) is 0 Å². The van der Waals surface area contributed by atoms with Crippen LogP contribution >= 0.6 is 0 Å². The molecule has 0 aliphatic heterocycles. The van der Waals surface area contributed by atoms with Crippen LogP contribution in [0.5, 0.6) is 0 Å². The molecule has 6 heteroatoms. The zero-order valence-corrected chi connectivity index (χ0v) is 16.5. The summed E-state index contributed by atoms with van der Waals surface area (Å²) in [7, 11) is 0. The van der Waals surface area contributed by atoms with E-state index in [1.807, 2.05) is 13.8 Å². The highest BCUT2D eigenvalue weighted by molar-refractivity contribution is 5.87. The van der Waals surface area contributed by atoms with Crippen molar-refractivity contribution in [1.82, 2.24) is 16.0 Å². The summed E-state index contributed by atoms with van der Waals surface area (Å²) >= 11 is 0. The van der Waals surface area contributed by atoms with Crippen LogP contribution < -0.4 is 16.0 Å². The van der Waals surface area contributed by atoms with Gasteiger partial charge in [0.2, 0.25) is 17.7 Å². The Hall–Kier alpha value is -1.59. The van der Waals surface area contributed by atoms with E-state index in [1.165, 1.54) is 0 Å². The van der Waals surface area contributed by atoms with E-state index >= 15 is 0 Å². The molecule has 0 aliphatic carbocycles. The summed E-state index contributed by atoms with van der Waals surface area (Å²) in [5.74, 6) is -0.270. The van der Waals surface area contributed by atoms with Crippen LogP contribution in [0.1, 0.15) is 55.4 Å². The molecule has 0 aromatic heterocycles. The van der Waals surface area contributed by atoms with Gasteiger partial charge >= 0.3 is 0 Å². The fourth-order valence-corrected chi connectivity index (χ4v) is 2.68. The van der Waals surface area contributed by atoms with Crippen molar-refractivity contribution >= 4 is 17.7 Å². The summed E-state index contributed by atoms with van der Waals surface area (Å²) in [6.45, 7) is 16.3. The van der Waals surface area contributed by atoms with Gasteiger partial charge in [0.25, 0.3) is 0 Å². The van der Waals surface area contributed by atoms with Gasteiger partial charge in [0.05, 0.1) is 6.54 Å². The Morgan fingerprint density at radius 1 is 0.833 bits per heavy atom. The van der Waals surface area contributed by atoms with Crippen LogP contribution in [0.4, 0.5) is 0 Å². The second-order valence-corrected chi connectivity index (χ2v) is 8.66. The summed E-state index contributed by atoms with van der Waals surface area (Å²) in [6, 6.07) is 0. The number of hydrogen-bond donors (Lipinski definition) is 3. The lowest BCUT2D eigenvalue weighted by Gasteiger charge is -2.32. The molecular weight excluding hydrogens is 306 g/mol. The van der Waals surface area contributed by atoms with E-state index in [9.17, 15) is 14.4 Å². The van der Waals surface area contributed by atoms with Crippen molar-refractivity contribution in [3.63, 3.8) is 0 Å². The lowest BCUT2D eigenvalue weighted by atomic mass is 9.74. The molecule has 140 valence electrons. The maximum absolute atomic E-state index is 12.3. The average Bonchev–Trinajstić information content (AvgIpc) is 2.37. The average molecular weight is 341 g/mol.